The summed E-state index contributed by atoms with van der Waals surface area (Å²) in [6.45, 7) is 0. The largest absolute Gasteiger partial charge is 0.464 e. The molecule has 0 unspecified atom stereocenters. The summed E-state index contributed by atoms with van der Waals surface area (Å²) in [5.74, 6) is 0. The fourth-order valence-electron chi connectivity index (χ4n) is 6.48. The first-order valence-corrected chi connectivity index (χ1v) is 14.4. The van der Waals surface area contributed by atoms with Crippen LogP contribution in [0.4, 0.5) is 0 Å². The highest BCUT2D eigenvalue weighted by Crippen LogP contribution is 2.46. The van der Waals surface area contributed by atoms with Gasteiger partial charge in [0, 0.05) is 25.6 Å². The van der Waals surface area contributed by atoms with E-state index in [1.165, 1.54) is 74.7 Å². The number of hydrogen-bond donors (Lipinski definition) is 0. The van der Waals surface area contributed by atoms with Crippen molar-refractivity contribution in [1.82, 2.24) is 0 Å². The van der Waals surface area contributed by atoms with Crippen molar-refractivity contribution in [2.24, 2.45) is 0 Å². The van der Waals surface area contributed by atoms with Crippen molar-refractivity contribution in [1.29, 1.82) is 0 Å². The zero-order valence-electron chi connectivity index (χ0n) is 21.5. The van der Waals surface area contributed by atoms with Crippen LogP contribution >= 0.6 is 11.3 Å². The Morgan fingerprint density at radius 1 is 0.400 bits per heavy atom. The predicted octanol–water partition coefficient (Wildman–Crippen LogP) is 11.6. The molecule has 7 aromatic carbocycles. The minimum Gasteiger partial charge on any atom is -0.464 e. The van der Waals surface area contributed by atoms with Gasteiger partial charge in [-0.3, -0.25) is 0 Å². The molecule has 0 saturated heterocycles. The van der Waals surface area contributed by atoms with Gasteiger partial charge in [-0.2, -0.15) is 0 Å². The van der Waals surface area contributed by atoms with E-state index in [2.05, 4.69) is 121 Å². The van der Waals surface area contributed by atoms with Gasteiger partial charge in [-0.05, 0) is 84.9 Å². The molecule has 2 heterocycles. The minimum atomic E-state index is 0.945. The van der Waals surface area contributed by atoms with Crippen molar-refractivity contribution >= 4 is 74.8 Å². The predicted molar refractivity (Wildman–Crippen MR) is 172 cm³/mol. The van der Waals surface area contributed by atoms with Gasteiger partial charge >= 0.3 is 0 Å². The first-order chi connectivity index (χ1) is 19.8. The van der Waals surface area contributed by atoms with E-state index in [1.807, 2.05) is 17.4 Å². The topological polar surface area (TPSA) is 13.1 Å². The molecule has 0 bridgehead atoms. The van der Waals surface area contributed by atoms with Crippen molar-refractivity contribution < 1.29 is 4.42 Å². The van der Waals surface area contributed by atoms with Crippen LogP contribution in [-0.2, 0) is 0 Å². The van der Waals surface area contributed by atoms with Crippen LogP contribution in [0.3, 0.4) is 0 Å². The van der Waals surface area contributed by atoms with E-state index in [0.29, 0.717) is 0 Å². The molecule has 40 heavy (non-hydrogen) atoms. The monoisotopic (exact) mass is 526 g/mol. The quantitative estimate of drug-likeness (QED) is 0.204. The van der Waals surface area contributed by atoms with Crippen LogP contribution in [0.1, 0.15) is 0 Å². The fourth-order valence-corrected chi connectivity index (χ4v) is 7.64. The van der Waals surface area contributed by atoms with Gasteiger partial charge < -0.3 is 4.42 Å². The third-order valence-corrected chi connectivity index (χ3v) is 9.42. The number of furan rings is 1. The molecule has 2 heteroatoms. The molecule has 1 nitrogen and oxygen atoms in total. The molecule has 0 saturated carbocycles. The van der Waals surface area contributed by atoms with Crippen LogP contribution < -0.4 is 0 Å². The first kappa shape index (κ1) is 22.0. The van der Waals surface area contributed by atoms with E-state index >= 15 is 0 Å². The second-order valence-corrected chi connectivity index (χ2v) is 11.6. The summed E-state index contributed by atoms with van der Waals surface area (Å²) in [5.41, 5.74) is 6.04. The van der Waals surface area contributed by atoms with Crippen molar-refractivity contribution in [3.8, 4) is 22.3 Å². The van der Waals surface area contributed by atoms with Crippen molar-refractivity contribution in [2.45, 2.75) is 0 Å². The number of benzene rings is 7. The summed E-state index contributed by atoms with van der Waals surface area (Å²) < 4.78 is 8.25. The van der Waals surface area contributed by atoms with Crippen LogP contribution in [0.25, 0.3) is 85.7 Å². The Hall–Kier alpha value is -4.92. The highest BCUT2D eigenvalue weighted by molar-refractivity contribution is 7.25. The molecule has 186 valence electrons. The lowest BCUT2D eigenvalue weighted by atomic mass is 9.85. The molecule has 0 fully saturated rings. The SMILES string of the molecule is c1ccc2cc(-c3c4ccccc4c(-c4ccc5c(c4)sc4cc6occc6cc45)c4ccccc34)ccc2c1. The maximum atomic E-state index is 5.69. The van der Waals surface area contributed by atoms with Crippen molar-refractivity contribution in [3.05, 3.63) is 134 Å². The Bertz CT molecular complexity index is 2380. The molecule has 0 N–H and O–H groups in total. The number of rotatable bonds is 2. The van der Waals surface area contributed by atoms with Gasteiger partial charge in [0.25, 0.3) is 0 Å². The molecule has 0 atom stereocenters. The molecule has 2 aromatic heterocycles. The summed E-state index contributed by atoms with van der Waals surface area (Å²) >= 11 is 1.84. The maximum Gasteiger partial charge on any atom is 0.135 e. The summed E-state index contributed by atoms with van der Waals surface area (Å²) in [6, 6.07) is 46.7. The summed E-state index contributed by atoms with van der Waals surface area (Å²) in [4.78, 5) is 0. The maximum absolute atomic E-state index is 5.69. The second-order valence-electron chi connectivity index (χ2n) is 10.5. The van der Waals surface area contributed by atoms with E-state index in [1.54, 1.807) is 6.26 Å². The Labute approximate surface area is 234 Å². The van der Waals surface area contributed by atoms with Crippen LogP contribution in [0, 0.1) is 0 Å². The Balaban J connectivity index is 1.35. The van der Waals surface area contributed by atoms with E-state index in [9.17, 15) is 0 Å². The van der Waals surface area contributed by atoms with Crippen LogP contribution in [-0.4, -0.2) is 0 Å². The van der Waals surface area contributed by atoms with Gasteiger partial charge in [-0.15, -0.1) is 11.3 Å². The molecule has 9 rings (SSSR count). The summed E-state index contributed by atoms with van der Waals surface area (Å²) in [6.07, 6.45) is 1.77. The minimum absolute atomic E-state index is 0.945. The van der Waals surface area contributed by atoms with Gasteiger partial charge in [0.05, 0.1) is 6.26 Å². The van der Waals surface area contributed by atoms with E-state index in [4.69, 9.17) is 4.42 Å². The molecule has 0 aliphatic carbocycles. The van der Waals surface area contributed by atoms with Gasteiger partial charge in [0.2, 0.25) is 0 Å². The molecular formula is C38H22OS. The number of thiophene rings is 1. The van der Waals surface area contributed by atoms with Gasteiger partial charge in [-0.1, -0.05) is 97.1 Å². The van der Waals surface area contributed by atoms with E-state index < -0.39 is 0 Å². The summed E-state index contributed by atoms with van der Waals surface area (Å²) in [5, 5.41) is 11.4. The average Bonchev–Trinajstić information content (AvgIpc) is 3.61. The van der Waals surface area contributed by atoms with Gasteiger partial charge in [-0.25, -0.2) is 0 Å². The van der Waals surface area contributed by atoms with Crippen LogP contribution in [0.5, 0.6) is 0 Å². The van der Waals surface area contributed by atoms with E-state index in [0.717, 1.165) is 11.0 Å². The Morgan fingerprint density at radius 2 is 1.00 bits per heavy atom. The Morgan fingerprint density at radius 3 is 1.73 bits per heavy atom. The normalized spacial score (nSPS) is 12.0. The fraction of sp³-hybridized carbons (Fsp3) is 0. The number of fused-ring (bicyclic) bond motifs is 7. The second kappa shape index (κ2) is 8.29. The standard InChI is InChI=1S/C38H22OS/c1-2-8-24-19-26(14-13-23(24)7-1)37-29-9-3-5-11-31(29)38(32-12-6-4-10-30(32)37)27-15-16-28-33-20-25-17-18-39-34(25)22-36(33)40-35(28)21-27/h1-22H. The first-order valence-electron chi connectivity index (χ1n) is 13.6. The average molecular weight is 527 g/mol. The van der Waals surface area contributed by atoms with Crippen LogP contribution in [0.2, 0.25) is 0 Å². The Kier molecular flexibility index (Phi) is 4.55. The smallest absolute Gasteiger partial charge is 0.135 e. The molecule has 0 radical (unpaired) electrons. The lowest BCUT2D eigenvalue weighted by Crippen LogP contribution is -1.90. The highest BCUT2D eigenvalue weighted by Gasteiger charge is 2.18. The third kappa shape index (κ3) is 3.14. The molecular weight excluding hydrogens is 504 g/mol. The van der Waals surface area contributed by atoms with Crippen LogP contribution in [0.15, 0.2) is 138 Å². The highest BCUT2D eigenvalue weighted by atomic mass is 32.1. The zero-order chi connectivity index (χ0) is 26.2. The van der Waals surface area contributed by atoms with Gasteiger partial charge in [0.15, 0.2) is 0 Å². The summed E-state index contributed by atoms with van der Waals surface area (Å²) in [7, 11) is 0. The third-order valence-electron chi connectivity index (χ3n) is 8.30. The zero-order valence-corrected chi connectivity index (χ0v) is 22.3. The molecule has 0 amide bonds. The molecule has 0 aliphatic heterocycles. The molecule has 0 aliphatic rings. The van der Waals surface area contributed by atoms with E-state index in [-0.39, 0.29) is 0 Å². The number of hydrogen-bond acceptors (Lipinski definition) is 2. The van der Waals surface area contributed by atoms with Crippen molar-refractivity contribution in [3.63, 3.8) is 0 Å². The van der Waals surface area contributed by atoms with Crippen molar-refractivity contribution in [2.75, 3.05) is 0 Å². The lowest BCUT2D eigenvalue weighted by molar-refractivity contribution is 0.616. The molecule has 9 aromatic rings. The molecule has 0 spiro atoms. The van der Waals surface area contributed by atoms with Gasteiger partial charge in [0.1, 0.15) is 5.58 Å². The lowest BCUT2D eigenvalue weighted by Gasteiger charge is -2.18.